The van der Waals surface area contributed by atoms with E-state index in [0.29, 0.717) is 19.7 Å². The summed E-state index contributed by atoms with van der Waals surface area (Å²) in [4.78, 5) is 10.7. The number of rotatable bonds is 5. The van der Waals surface area contributed by atoms with Gasteiger partial charge in [0.15, 0.2) is 0 Å². The first kappa shape index (κ1) is 10.9. The van der Waals surface area contributed by atoms with Gasteiger partial charge < -0.3 is 19.9 Å². The Bertz CT molecular complexity index is 234. The summed E-state index contributed by atoms with van der Waals surface area (Å²) in [5, 5.41) is 11.8. The molecule has 86 valence electrons. The van der Waals surface area contributed by atoms with Crippen molar-refractivity contribution >= 4 is 5.97 Å². The van der Waals surface area contributed by atoms with Crippen LogP contribution in [0.2, 0.25) is 0 Å². The van der Waals surface area contributed by atoms with Crippen molar-refractivity contribution in [1.82, 2.24) is 5.32 Å². The van der Waals surface area contributed by atoms with E-state index < -0.39 is 11.6 Å². The highest BCUT2D eigenvalue weighted by Gasteiger charge is 2.40. The maximum absolute atomic E-state index is 10.7. The molecule has 0 amide bonds. The molecule has 15 heavy (non-hydrogen) atoms. The van der Waals surface area contributed by atoms with E-state index in [1.165, 1.54) is 0 Å². The number of hydrogen-bond donors (Lipinski definition) is 2. The fourth-order valence-corrected chi connectivity index (χ4v) is 2.00. The molecular weight excluding hydrogens is 198 g/mol. The van der Waals surface area contributed by atoms with Crippen LogP contribution in [-0.2, 0) is 14.3 Å². The van der Waals surface area contributed by atoms with E-state index in [9.17, 15) is 4.79 Å². The van der Waals surface area contributed by atoms with Crippen molar-refractivity contribution in [2.24, 2.45) is 0 Å². The number of carbonyl (C=O) groups is 1. The second kappa shape index (κ2) is 4.47. The van der Waals surface area contributed by atoms with Crippen LogP contribution in [0, 0.1) is 0 Å². The van der Waals surface area contributed by atoms with Gasteiger partial charge in [0.25, 0.3) is 0 Å². The summed E-state index contributed by atoms with van der Waals surface area (Å²) < 4.78 is 11.1. The Morgan fingerprint density at radius 3 is 2.87 bits per heavy atom. The Morgan fingerprint density at radius 2 is 2.40 bits per heavy atom. The topological polar surface area (TPSA) is 67.8 Å². The summed E-state index contributed by atoms with van der Waals surface area (Å²) in [6.45, 7) is 2.59. The minimum Gasteiger partial charge on any atom is -0.481 e. The molecule has 0 aromatic carbocycles. The zero-order chi connectivity index (χ0) is 10.7. The Hall–Kier alpha value is -0.650. The van der Waals surface area contributed by atoms with Gasteiger partial charge in [-0.1, -0.05) is 0 Å². The normalized spacial score (nSPS) is 28.7. The molecule has 0 saturated carbocycles. The SMILES string of the molecule is O=C(O)CC1(OCC2CCCO2)CNC1. The van der Waals surface area contributed by atoms with E-state index in [0.717, 1.165) is 19.4 Å². The fourth-order valence-electron chi connectivity index (χ4n) is 2.00. The van der Waals surface area contributed by atoms with E-state index in [4.69, 9.17) is 14.6 Å². The van der Waals surface area contributed by atoms with Crippen LogP contribution in [0.15, 0.2) is 0 Å². The Balaban J connectivity index is 1.77. The maximum Gasteiger partial charge on any atom is 0.306 e. The predicted octanol–water partition coefficient (Wildman–Crippen LogP) is -0.00130. The van der Waals surface area contributed by atoms with Gasteiger partial charge in [-0.05, 0) is 12.8 Å². The summed E-state index contributed by atoms with van der Waals surface area (Å²) in [7, 11) is 0. The lowest BCUT2D eigenvalue weighted by atomic mass is 9.92. The summed E-state index contributed by atoms with van der Waals surface area (Å²) in [6, 6.07) is 0. The monoisotopic (exact) mass is 215 g/mol. The standard InChI is InChI=1S/C10H17NO4/c12-9(13)4-10(6-11-7-10)15-5-8-2-1-3-14-8/h8,11H,1-7H2,(H,12,13). The van der Waals surface area contributed by atoms with E-state index >= 15 is 0 Å². The molecule has 2 aliphatic rings. The van der Waals surface area contributed by atoms with Gasteiger partial charge in [-0.3, -0.25) is 4.79 Å². The Labute approximate surface area is 88.7 Å². The van der Waals surface area contributed by atoms with Crippen LogP contribution in [0.5, 0.6) is 0 Å². The quantitative estimate of drug-likeness (QED) is 0.675. The third kappa shape index (κ3) is 2.68. The van der Waals surface area contributed by atoms with Gasteiger partial charge in [-0.2, -0.15) is 0 Å². The van der Waals surface area contributed by atoms with E-state index in [2.05, 4.69) is 5.32 Å². The van der Waals surface area contributed by atoms with Crippen molar-refractivity contribution in [3.63, 3.8) is 0 Å². The van der Waals surface area contributed by atoms with Crippen molar-refractivity contribution in [3.05, 3.63) is 0 Å². The third-order valence-corrected chi connectivity index (χ3v) is 2.97. The second-order valence-electron chi connectivity index (χ2n) is 4.30. The largest absolute Gasteiger partial charge is 0.481 e. The molecule has 5 nitrogen and oxygen atoms in total. The highest BCUT2D eigenvalue weighted by molar-refractivity contribution is 5.68. The molecule has 2 N–H and O–H groups in total. The average molecular weight is 215 g/mol. The van der Waals surface area contributed by atoms with Crippen LogP contribution < -0.4 is 5.32 Å². The number of carboxylic acid groups (broad SMARTS) is 1. The lowest BCUT2D eigenvalue weighted by molar-refractivity contribution is -0.154. The maximum atomic E-state index is 10.7. The molecule has 0 aromatic heterocycles. The number of hydrogen-bond acceptors (Lipinski definition) is 4. The van der Waals surface area contributed by atoms with Gasteiger partial charge >= 0.3 is 5.97 Å². The smallest absolute Gasteiger partial charge is 0.306 e. The molecule has 2 heterocycles. The zero-order valence-electron chi connectivity index (χ0n) is 8.70. The molecule has 0 aliphatic carbocycles. The molecule has 0 spiro atoms. The van der Waals surface area contributed by atoms with Crippen LogP contribution in [0.1, 0.15) is 19.3 Å². The van der Waals surface area contributed by atoms with Crippen molar-refractivity contribution in [1.29, 1.82) is 0 Å². The number of nitrogens with one attached hydrogen (secondary N) is 1. The molecule has 2 aliphatic heterocycles. The molecule has 5 heteroatoms. The van der Waals surface area contributed by atoms with Gasteiger partial charge in [0.2, 0.25) is 0 Å². The first-order valence-corrected chi connectivity index (χ1v) is 5.38. The lowest BCUT2D eigenvalue weighted by Crippen LogP contribution is -2.62. The summed E-state index contributed by atoms with van der Waals surface area (Å²) in [5.41, 5.74) is -0.488. The summed E-state index contributed by atoms with van der Waals surface area (Å²) in [5.74, 6) is -0.802. The number of carboxylic acids is 1. The van der Waals surface area contributed by atoms with E-state index in [1.807, 2.05) is 0 Å². The summed E-state index contributed by atoms with van der Waals surface area (Å²) >= 11 is 0. The summed E-state index contributed by atoms with van der Waals surface area (Å²) in [6.07, 6.45) is 2.35. The molecule has 1 atom stereocenters. The first-order chi connectivity index (χ1) is 7.20. The third-order valence-electron chi connectivity index (χ3n) is 2.97. The van der Waals surface area contributed by atoms with Crippen LogP contribution in [-0.4, -0.2) is 49.1 Å². The molecular formula is C10H17NO4. The zero-order valence-corrected chi connectivity index (χ0v) is 8.70. The molecule has 2 fully saturated rings. The van der Waals surface area contributed by atoms with Crippen molar-refractivity contribution < 1.29 is 19.4 Å². The van der Waals surface area contributed by atoms with Crippen LogP contribution in [0.4, 0.5) is 0 Å². The highest BCUT2D eigenvalue weighted by Crippen LogP contribution is 2.23. The van der Waals surface area contributed by atoms with Crippen LogP contribution in [0.3, 0.4) is 0 Å². The predicted molar refractivity (Wildman–Crippen MR) is 52.8 cm³/mol. The van der Waals surface area contributed by atoms with E-state index in [1.54, 1.807) is 0 Å². The van der Waals surface area contributed by atoms with Crippen molar-refractivity contribution in [3.8, 4) is 0 Å². The molecule has 0 radical (unpaired) electrons. The molecule has 0 aromatic rings. The van der Waals surface area contributed by atoms with Crippen LogP contribution >= 0.6 is 0 Å². The van der Waals surface area contributed by atoms with Gasteiger partial charge in [0, 0.05) is 19.7 Å². The number of aliphatic carboxylic acids is 1. The fraction of sp³-hybridized carbons (Fsp3) is 0.900. The van der Waals surface area contributed by atoms with Gasteiger partial charge in [-0.15, -0.1) is 0 Å². The lowest BCUT2D eigenvalue weighted by Gasteiger charge is -2.41. The minimum absolute atomic E-state index is 0.0761. The number of ether oxygens (including phenoxy) is 2. The first-order valence-electron chi connectivity index (χ1n) is 5.38. The molecule has 2 saturated heterocycles. The Morgan fingerprint density at radius 1 is 1.60 bits per heavy atom. The van der Waals surface area contributed by atoms with Crippen molar-refractivity contribution in [2.75, 3.05) is 26.3 Å². The van der Waals surface area contributed by atoms with Gasteiger partial charge in [0.1, 0.15) is 5.60 Å². The van der Waals surface area contributed by atoms with Crippen LogP contribution in [0.25, 0.3) is 0 Å². The molecule has 1 unspecified atom stereocenters. The average Bonchev–Trinajstić information content (AvgIpc) is 2.61. The second-order valence-corrected chi connectivity index (χ2v) is 4.30. The Kier molecular flexibility index (Phi) is 3.23. The van der Waals surface area contributed by atoms with Gasteiger partial charge in [-0.25, -0.2) is 0 Å². The van der Waals surface area contributed by atoms with Crippen molar-refractivity contribution in [2.45, 2.75) is 31.0 Å². The molecule has 2 rings (SSSR count). The highest BCUT2D eigenvalue weighted by atomic mass is 16.5. The van der Waals surface area contributed by atoms with E-state index in [-0.39, 0.29) is 12.5 Å². The molecule has 0 bridgehead atoms. The van der Waals surface area contributed by atoms with Gasteiger partial charge in [0.05, 0.1) is 19.1 Å². The minimum atomic E-state index is -0.802.